The average molecular weight is 246 g/mol. The number of rotatable bonds is 3. The van der Waals surface area contributed by atoms with Crippen molar-refractivity contribution in [1.82, 2.24) is 10.2 Å². The summed E-state index contributed by atoms with van der Waals surface area (Å²) in [6.45, 7) is 1.10. The number of ether oxygens (including phenoxy) is 2. The molecule has 94 valence electrons. The first kappa shape index (κ1) is 11.2. The van der Waals surface area contributed by atoms with E-state index in [2.05, 4.69) is 10.2 Å². The molecule has 0 aliphatic carbocycles. The van der Waals surface area contributed by atoms with Gasteiger partial charge in [-0.05, 0) is 25.0 Å². The minimum Gasteiger partial charge on any atom is -0.459 e. The first-order chi connectivity index (χ1) is 8.83. The van der Waals surface area contributed by atoms with Crippen molar-refractivity contribution in [2.75, 3.05) is 13.2 Å². The largest absolute Gasteiger partial charge is 0.459 e. The fourth-order valence-electron chi connectivity index (χ4n) is 2.09. The molecule has 1 aliphatic rings. The molecule has 1 unspecified atom stereocenters. The van der Waals surface area contributed by atoms with Gasteiger partial charge in [0.2, 0.25) is 0 Å². The van der Waals surface area contributed by atoms with E-state index in [0.29, 0.717) is 12.2 Å². The van der Waals surface area contributed by atoms with Crippen LogP contribution in [0.15, 0.2) is 24.4 Å². The monoisotopic (exact) mass is 246 g/mol. The summed E-state index contributed by atoms with van der Waals surface area (Å²) in [5.74, 6) is -0.318. The van der Waals surface area contributed by atoms with Crippen molar-refractivity contribution in [3.05, 3.63) is 30.0 Å². The number of fused-ring (bicyclic) bond motifs is 1. The number of hydrogen-bond acceptors (Lipinski definition) is 4. The summed E-state index contributed by atoms with van der Waals surface area (Å²) in [6, 6.07) is 5.34. The second kappa shape index (κ2) is 4.78. The second-order valence-corrected chi connectivity index (χ2v) is 4.41. The van der Waals surface area contributed by atoms with Crippen molar-refractivity contribution in [1.29, 1.82) is 0 Å². The molecule has 1 aromatic carbocycles. The van der Waals surface area contributed by atoms with E-state index >= 15 is 0 Å². The molecule has 3 rings (SSSR count). The van der Waals surface area contributed by atoms with Crippen LogP contribution in [0.1, 0.15) is 23.2 Å². The molecule has 1 fully saturated rings. The minimum atomic E-state index is -0.318. The molecule has 5 heteroatoms. The van der Waals surface area contributed by atoms with E-state index in [0.717, 1.165) is 30.4 Å². The van der Waals surface area contributed by atoms with Crippen LogP contribution in [0, 0.1) is 0 Å². The summed E-state index contributed by atoms with van der Waals surface area (Å²) in [6.07, 6.45) is 3.79. The number of benzene rings is 1. The van der Waals surface area contributed by atoms with Gasteiger partial charge in [0, 0.05) is 12.0 Å². The van der Waals surface area contributed by atoms with Gasteiger partial charge in [-0.15, -0.1) is 0 Å². The topological polar surface area (TPSA) is 64.2 Å². The number of H-pyrrole nitrogens is 1. The lowest BCUT2D eigenvalue weighted by Crippen LogP contribution is -2.17. The number of aromatic amines is 1. The molecule has 0 amide bonds. The number of carbonyl (C=O) groups is 1. The fraction of sp³-hybridized carbons (Fsp3) is 0.385. The van der Waals surface area contributed by atoms with E-state index in [9.17, 15) is 4.79 Å². The van der Waals surface area contributed by atoms with Crippen LogP contribution in [-0.4, -0.2) is 35.5 Å². The van der Waals surface area contributed by atoms with Crippen LogP contribution in [0.5, 0.6) is 0 Å². The Hall–Kier alpha value is -1.88. The van der Waals surface area contributed by atoms with Crippen LogP contribution in [0.3, 0.4) is 0 Å². The molecule has 0 spiro atoms. The number of hydrogen-bond donors (Lipinski definition) is 1. The SMILES string of the molecule is O=C(OCC1CCCO1)c1ccc2cn[nH]c2c1. The highest BCUT2D eigenvalue weighted by Gasteiger charge is 2.18. The second-order valence-electron chi connectivity index (χ2n) is 4.41. The zero-order chi connectivity index (χ0) is 12.4. The van der Waals surface area contributed by atoms with Gasteiger partial charge in [-0.3, -0.25) is 5.10 Å². The summed E-state index contributed by atoms with van der Waals surface area (Å²) in [5.41, 5.74) is 1.37. The number of nitrogens with one attached hydrogen (secondary N) is 1. The number of aromatic nitrogens is 2. The number of carbonyl (C=O) groups excluding carboxylic acids is 1. The average Bonchev–Trinajstić information content (AvgIpc) is 3.05. The Balaban J connectivity index is 1.67. The van der Waals surface area contributed by atoms with Gasteiger partial charge in [0.1, 0.15) is 6.61 Å². The lowest BCUT2D eigenvalue weighted by molar-refractivity contribution is 0.0161. The maximum absolute atomic E-state index is 11.9. The smallest absolute Gasteiger partial charge is 0.338 e. The Morgan fingerprint density at radius 1 is 1.56 bits per heavy atom. The lowest BCUT2D eigenvalue weighted by Gasteiger charge is -2.10. The zero-order valence-electron chi connectivity index (χ0n) is 9.89. The zero-order valence-corrected chi connectivity index (χ0v) is 9.89. The van der Waals surface area contributed by atoms with E-state index < -0.39 is 0 Å². The van der Waals surface area contributed by atoms with E-state index in [-0.39, 0.29) is 12.1 Å². The normalized spacial score (nSPS) is 19.2. The summed E-state index contributed by atoms with van der Waals surface area (Å²) in [7, 11) is 0. The molecule has 2 aromatic rings. The molecule has 0 saturated carbocycles. The van der Waals surface area contributed by atoms with E-state index in [1.807, 2.05) is 6.07 Å². The van der Waals surface area contributed by atoms with Gasteiger partial charge >= 0.3 is 5.97 Å². The molecule has 5 nitrogen and oxygen atoms in total. The Morgan fingerprint density at radius 3 is 3.33 bits per heavy atom. The highest BCUT2D eigenvalue weighted by Crippen LogP contribution is 2.15. The minimum absolute atomic E-state index is 0.0600. The standard InChI is InChI=1S/C13H14N2O3/c16-13(18-8-11-2-1-5-17-11)9-3-4-10-7-14-15-12(10)6-9/h3-4,6-7,11H,1-2,5,8H2,(H,14,15). The number of esters is 1. The van der Waals surface area contributed by atoms with Crippen molar-refractivity contribution in [3.63, 3.8) is 0 Å². The third kappa shape index (κ3) is 2.22. The Labute approximate surface area is 104 Å². The van der Waals surface area contributed by atoms with Crippen molar-refractivity contribution in [3.8, 4) is 0 Å². The maximum atomic E-state index is 11.9. The molecule has 18 heavy (non-hydrogen) atoms. The molecule has 0 bridgehead atoms. The summed E-state index contributed by atoms with van der Waals surface area (Å²) < 4.78 is 10.6. The molecule has 1 saturated heterocycles. The predicted molar refractivity (Wildman–Crippen MR) is 65.4 cm³/mol. The van der Waals surface area contributed by atoms with Crippen LogP contribution in [-0.2, 0) is 9.47 Å². The summed E-state index contributed by atoms with van der Waals surface area (Å²) in [5, 5.41) is 7.72. The molecule has 0 radical (unpaired) electrons. The van der Waals surface area contributed by atoms with Crippen molar-refractivity contribution in [2.24, 2.45) is 0 Å². The van der Waals surface area contributed by atoms with E-state index in [4.69, 9.17) is 9.47 Å². The van der Waals surface area contributed by atoms with Gasteiger partial charge < -0.3 is 9.47 Å². The molecule has 1 aromatic heterocycles. The van der Waals surface area contributed by atoms with E-state index in [1.165, 1.54) is 0 Å². The molecular formula is C13H14N2O3. The van der Waals surface area contributed by atoms with Crippen molar-refractivity contribution >= 4 is 16.9 Å². The molecule has 1 N–H and O–H groups in total. The third-order valence-electron chi connectivity index (χ3n) is 3.10. The molecule has 2 heterocycles. The first-order valence-electron chi connectivity index (χ1n) is 6.05. The Bertz CT molecular complexity index is 558. The van der Waals surface area contributed by atoms with Gasteiger partial charge in [0.05, 0.1) is 23.4 Å². The third-order valence-corrected chi connectivity index (χ3v) is 3.10. The highest BCUT2D eigenvalue weighted by molar-refractivity contribution is 5.94. The van der Waals surface area contributed by atoms with Gasteiger partial charge in [0.25, 0.3) is 0 Å². The van der Waals surface area contributed by atoms with Gasteiger partial charge in [-0.2, -0.15) is 5.10 Å². The van der Waals surface area contributed by atoms with Crippen LogP contribution in [0.25, 0.3) is 10.9 Å². The molecular weight excluding hydrogens is 232 g/mol. The number of nitrogens with zero attached hydrogens (tertiary/aromatic N) is 1. The lowest BCUT2D eigenvalue weighted by atomic mass is 10.2. The summed E-state index contributed by atoms with van der Waals surface area (Å²) in [4.78, 5) is 11.9. The Morgan fingerprint density at radius 2 is 2.50 bits per heavy atom. The van der Waals surface area contributed by atoms with Crippen molar-refractivity contribution < 1.29 is 14.3 Å². The van der Waals surface area contributed by atoms with Crippen LogP contribution < -0.4 is 0 Å². The molecule has 1 aliphatic heterocycles. The summed E-state index contributed by atoms with van der Waals surface area (Å²) >= 11 is 0. The first-order valence-corrected chi connectivity index (χ1v) is 6.05. The van der Waals surface area contributed by atoms with Crippen LogP contribution >= 0.6 is 0 Å². The van der Waals surface area contributed by atoms with Gasteiger partial charge in [-0.1, -0.05) is 6.07 Å². The highest BCUT2D eigenvalue weighted by atomic mass is 16.6. The predicted octanol–water partition coefficient (Wildman–Crippen LogP) is 1.90. The maximum Gasteiger partial charge on any atom is 0.338 e. The van der Waals surface area contributed by atoms with Gasteiger partial charge in [0.15, 0.2) is 0 Å². The quantitative estimate of drug-likeness (QED) is 0.840. The Kier molecular flexibility index (Phi) is 2.98. The van der Waals surface area contributed by atoms with E-state index in [1.54, 1.807) is 18.3 Å². The van der Waals surface area contributed by atoms with Crippen molar-refractivity contribution in [2.45, 2.75) is 18.9 Å². The van der Waals surface area contributed by atoms with Crippen LogP contribution in [0.4, 0.5) is 0 Å². The fourth-order valence-corrected chi connectivity index (χ4v) is 2.09. The molecule has 1 atom stereocenters. The van der Waals surface area contributed by atoms with Gasteiger partial charge in [-0.25, -0.2) is 4.79 Å². The van der Waals surface area contributed by atoms with Crippen LogP contribution in [0.2, 0.25) is 0 Å².